The third-order valence-electron chi connectivity index (χ3n) is 4.44. The molecule has 30 heavy (non-hydrogen) atoms. The Kier molecular flexibility index (Phi) is 7.76. The number of aliphatic imine (C=N–C) groups is 1. The maximum absolute atomic E-state index is 14.3. The fraction of sp³-hybridized carbons (Fsp3) is 0.273. The van der Waals surface area contributed by atoms with Crippen LogP contribution >= 0.6 is 0 Å². The van der Waals surface area contributed by atoms with Crippen molar-refractivity contribution >= 4 is 11.5 Å². The number of allylic oxidation sites excluding steroid dienone is 2. The van der Waals surface area contributed by atoms with Gasteiger partial charge < -0.3 is 11.1 Å². The minimum atomic E-state index is -1.17. The zero-order valence-electron chi connectivity index (χ0n) is 16.9. The smallest absolute Gasteiger partial charge is 0.192 e. The molecule has 156 valence electrons. The minimum absolute atomic E-state index is 0.0352. The number of alkyl halides is 1. The summed E-state index contributed by atoms with van der Waals surface area (Å²) in [5.74, 6) is -0.459. The maximum Gasteiger partial charge on any atom is 0.192 e. The lowest BCUT2D eigenvalue weighted by atomic mass is 9.81. The third-order valence-corrected chi connectivity index (χ3v) is 4.44. The van der Waals surface area contributed by atoms with E-state index in [0.717, 1.165) is 0 Å². The van der Waals surface area contributed by atoms with Crippen LogP contribution in [0.1, 0.15) is 37.2 Å². The molecule has 8 heteroatoms. The Morgan fingerprint density at radius 3 is 2.83 bits per heavy atom. The quantitative estimate of drug-likeness (QED) is 0.393. The van der Waals surface area contributed by atoms with Gasteiger partial charge >= 0.3 is 0 Å². The Hall–Kier alpha value is -3.60. The van der Waals surface area contributed by atoms with Gasteiger partial charge in [-0.3, -0.25) is 15.0 Å². The largest absolute Gasteiger partial charge is 0.370 e. The van der Waals surface area contributed by atoms with Gasteiger partial charge in [-0.1, -0.05) is 19.6 Å². The Morgan fingerprint density at radius 1 is 1.43 bits per heavy atom. The van der Waals surface area contributed by atoms with Gasteiger partial charge in [-0.15, -0.1) is 0 Å². The van der Waals surface area contributed by atoms with E-state index in [4.69, 9.17) is 11.0 Å². The van der Waals surface area contributed by atoms with E-state index in [-0.39, 0.29) is 24.6 Å². The molecule has 2 atom stereocenters. The van der Waals surface area contributed by atoms with Gasteiger partial charge in [0.25, 0.3) is 0 Å². The van der Waals surface area contributed by atoms with Gasteiger partial charge in [-0.2, -0.15) is 5.26 Å². The number of hydrogen-bond donors (Lipinski definition) is 2. The topological polar surface area (TPSA) is 100.0 Å². The number of pyridine rings is 2. The molecule has 0 aliphatic heterocycles. The van der Waals surface area contributed by atoms with Crippen molar-refractivity contribution in [1.82, 2.24) is 15.3 Å². The number of rotatable bonds is 8. The molecular weight excluding hydrogens is 386 g/mol. The zero-order chi connectivity index (χ0) is 22.1. The lowest BCUT2D eigenvalue weighted by molar-refractivity contribution is 0.264. The first-order valence-corrected chi connectivity index (χ1v) is 9.29. The van der Waals surface area contributed by atoms with E-state index < -0.39 is 17.4 Å². The summed E-state index contributed by atoms with van der Waals surface area (Å²) in [7, 11) is 0. The highest BCUT2D eigenvalue weighted by Gasteiger charge is 2.33. The van der Waals surface area contributed by atoms with Crippen molar-refractivity contribution in [3.05, 3.63) is 78.3 Å². The van der Waals surface area contributed by atoms with Crippen LogP contribution in [0.2, 0.25) is 0 Å². The molecule has 0 aliphatic rings. The summed E-state index contributed by atoms with van der Waals surface area (Å²) in [5, 5.41) is 11.8. The van der Waals surface area contributed by atoms with Crippen molar-refractivity contribution in [2.75, 3.05) is 6.54 Å². The molecule has 0 saturated heterocycles. The molecule has 0 aliphatic carbocycles. The molecule has 0 radical (unpaired) electrons. The van der Waals surface area contributed by atoms with Crippen molar-refractivity contribution in [2.45, 2.75) is 31.9 Å². The predicted octanol–water partition coefficient (Wildman–Crippen LogP) is 3.62. The summed E-state index contributed by atoms with van der Waals surface area (Å²) in [6.07, 6.45) is 4.95. The van der Waals surface area contributed by atoms with E-state index in [1.807, 2.05) is 6.07 Å². The van der Waals surface area contributed by atoms with Crippen LogP contribution in [0.4, 0.5) is 8.78 Å². The Balaban J connectivity index is 2.21. The first-order chi connectivity index (χ1) is 14.3. The summed E-state index contributed by atoms with van der Waals surface area (Å²) < 4.78 is 28.1. The van der Waals surface area contributed by atoms with Crippen LogP contribution in [0.5, 0.6) is 0 Å². The van der Waals surface area contributed by atoms with Crippen LogP contribution in [0.3, 0.4) is 0 Å². The second kappa shape index (κ2) is 10.3. The molecule has 0 spiro atoms. The van der Waals surface area contributed by atoms with E-state index >= 15 is 0 Å². The average molecular weight is 410 g/mol. The molecule has 6 nitrogen and oxygen atoms in total. The van der Waals surface area contributed by atoms with Crippen LogP contribution in [0, 0.1) is 17.1 Å². The fourth-order valence-corrected chi connectivity index (χ4v) is 3.04. The molecule has 2 rings (SSSR count). The highest BCUT2D eigenvalue weighted by atomic mass is 19.1. The van der Waals surface area contributed by atoms with Gasteiger partial charge in [-0.05, 0) is 37.6 Å². The second-order valence-electron chi connectivity index (χ2n) is 7.07. The summed E-state index contributed by atoms with van der Waals surface area (Å²) in [6.45, 7) is 6.88. The van der Waals surface area contributed by atoms with E-state index in [1.54, 1.807) is 31.3 Å². The molecule has 0 saturated carbocycles. The fourth-order valence-electron chi connectivity index (χ4n) is 3.04. The van der Waals surface area contributed by atoms with Crippen molar-refractivity contribution in [3.8, 4) is 6.07 Å². The molecule has 0 unspecified atom stereocenters. The Morgan fingerprint density at radius 2 is 2.20 bits per heavy atom. The highest BCUT2D eigenvalue weighted by Crippen LogP contribution is 2.30. The number of nitrogens with zero attached hydrogens (tertiary/aromatic N) is 4. The minimum Gasteiger partial charge on any atom is -0.370 e. The molecule has 2 aromatic rings. The molecule has 2 aromatic heterocycles. The molecule has 0 fully saturated rings. The summed E-state index contributed by atoms with van der Waals surface area (Å²) in [6, 6.07) is 8.03. The molecular formula is C22H24F2N6. The van der Waals surface area contributed by atoms with Gasteiger partial charge in [0, 0.05) is 29.6 Å². The van der Waals surface area contributed by atoms with Crippen molar-refractivity contribution in [1.29, 1.82) is 5.26 Å². The standard InChI is InChI=1S/C22H24F2N6/c1-4-17(19-10-16(12-25)7-9-27-19)13-29-21(26)30-14-22(3,11-15(2)23)20-18(24)6-5-8-28-20/h4-10,13,15H,1,11,14H2,2-3H3,(H3,26,29,30)/b17-13+/t15-,22-/m1/s1. The summed E-state index contributed by atoms with van der Waals surface area (Å²) in [4.78, 5) is 12.6. The number of halogens is 2. The SMILES string of the molecule is C=C/C(=C\NC(N)=NC[C@@](C)(C[C@@H](C)F)c1ncccc1F)c1cc(C#N)ccn1. The van der Waals surface area contributed by atoms with Crippen molar-refractivity contribution < 1.29 is 8.78 Å². The van der Waals surface area contributed by atoms with E-state index in [1.165, 1.54) is 31.5 Å². The first kappa shape index (κ1) is 22.7. The monoisotopic (exact) mass is 410 g/mol. The number of guanidine groups is 1. The molecule has 0 bridgehead atoms. The van der Waals surface area contributed by atoms with Crippen LogP contribution in [-0.2, 0) is 5.41 Å². The Bertz CT molecular complexity index is 993. The molecule has 3 N–H and O–H groups in total. The summed E-state index contributed by atoms with van der Waals surface area (Å²) in [5.41, 5.74) is 6.71. The van der Waals surface area contributed by atoms with Gasteiger partial charge in [0.2, 0.25) is 0 Å². The normalized spacial score (nSPS) is 15.0. The molecule has 0 amide bonds. The average Bonchev–Trinajstić information content (AvgIpc) is 2.72. The molecule has 2 heterocycles. The van der Waals surface area contributed by atoms with Crippen molar-refractivity contribution in [2.24, 2.45) is 10.7 Å². The number of aromatic nitrogens is 2. The third kappa shape index (κ3) is 5.95. The van der Waals surface area contributed by atoms with Gasteiger partial charge in [0.1, 0.15) is 5.82 Å². The van der Waals surface area contributed by atoms with Gasteiger partial charge in [-0.25, -0.2) is 8.78 Å². The highest BCUT2D eigenvalue weighted by molar-refractivity contribution is 5.82. The van der Waals surface area contributed by atoms with E-state index in [0.29, 0.717) is 16.8 Å². The lowest BCUT2D eigenvalue weighted by Crippen LogP contribution is -2.34. The first-order valence-electron chi connectivity index (χ1n) is 9.29. The lowest BCUT2D eigenvalue weighted by Gasteiger charge is -2.28. The molecule has 0 aromatic carbocycles. The van der Waals surface area contributed by atoms with Crippen LogP contribution in [-0.4, -0.2) is 28.6 Å². The Labute approximate surface area is 174 Å². The number of nitrogens with two attached hydrogens (primary N) is 1. The van der Waals surface area contributed by atoms with Crippen LogP contribution < -0.4 is 11.1 Å². The number of nitriles is 1. The van der Waals surface area contributed by atoms with E-state index in [2.05, 4.69) is 26.9 Å². The zero-order valence-corrected chi connectivity index (χ0v) is 16.9. The van der Waals surface area contributed by atoms with Crippen LogP contribution in [0.25, 0.3) is 5.57 Å². The summed E-state index contributed by atoms with van der Waals surface area (Å²) >= 11 is 0. The number of nitrogens with one attached hydrogen (secondary N) is 1. The van der Waals surface area contributed by atoms with E-state index in [9.17, 15) is 8.78 Å². The number of hydrogen-bond acceptors (Lipinski definition) is 4. The van der Waals surface area contributed by atoms with Gasteiger partial charge in [0.15, 0.2) is 5.96 Å². The van der Waals surface area contributed by atoms with Crippen LogP contribution in [0.15, 0.2) is 60.5 Å². The second-order valence-corrected chi connectivity index (χ2v) is 7.07. The predicted molar refractivity (Wildman–Crippen MR) is 113 cm³/mol. The van der Waals surface area contributed by atoms with Crippen molar-refractivity contribution in [3.63, 3.8) is 0 Å². The van der Waals surface area contributed by atoms with Gasteiger partial charge in [0.05, 0.1) is 35.7 Å². The maximum atomic E-state index is 14.3.